The number of nitrogens with zero attached hydrogens (tertiary/aromatic N) is 1. The highest BCUT2D eigenvalue weighted by atomic mass is 19.2. The van der Waals surface area contributed by atoms with Gasteiger partial charge in [0, 0.05) is 0 Å². The van der Waals surface area contributed by atoms with Crippen LogP contribution in [-0.2, 0) is 0 Å². The maximum Gasteiger partial charge on any atom is 0.184 e. The predicted octanol–water partition coefficient (Wildman–Crippen LogP) is 1.48. The Kier molecular flexibility index (Phi) is 2.92. The molecule has 0 atom stereocenters. The van der Waals surface area contributed by atoms with Gasteiger partial charge in [-0.2, -0.15) is 0 Å². The molecule has 0 aromatic heterocycles. The monoisotopic (exact) mass is 185 g/mol. The Hall–Kier alpha value is -1.49. The molecule has 0 aliphatic rings. The molecule has 0 radical (unpaired) electrons. The van der Waals surface area contributed by atoms with Gasteiger partial charge in [0.1, 0.15) is 11.5 Å². The Labute approximate surface area is 74.2 Å². The van der Waals surface area contributed by atoms with Crippen molar-refractivity contribution in [2.45, 2.75) is 6.92 Å². The van der Waals surface area contributed by atoms with Crippen molar-refractivity contribution in [1.29, 1.82) is 0 Å². The first-order chi connectivity index (χ1) is 6.15. The highest BCUT2D eigenvalue weighted by Crippen LogP contribution is 2.19. The van der Waals surface area contributed by atoms with E-state index in [0.717, 1.165) is 6.07 Å². The average Bonchev–Trinajstić information content (AvgIpc) is 2.13. The van der Waals surface area contributed by atoms with Crippen molar-refractivity contribution in [3.8, 4) is 0 Å². The lowest BCUT2D eigenvalue weighted by Crippen LogP contribution is -2.27. The van der Waals surface area contributed by atoms with Crippen LogP contribution in [-0.4, -0.2) is 5.84 Å². The molecule has 0 bridgehead atoms. The SMILES string of the molecule is CC(=Nc1cccc(F)c1F)NN. The van der Waals surface area contributed by atoms with Crippen molar-refractivity contribution in [2.75, 3.05) is 0 Å². The molecule has 1 aromatic carbocycles. The summed E-state index contributed by atoms with van der Waals surface area (Å²) in [5.74, 6) is 3.42. The molecule has 0 unspecified atom stereocenters. The minimum absolute atomic E-state index is 0.0737. The topological polar surface area (TPSA) is 50.4 Å². The van der Waals surface area contributed by atoms with Crippen LogP contribution in [0.25, 0.3) is 0 Å². The van der Waals surface area contributed by atoms with Gasteiger partial charge in [0.2, 0.25) is 0 Å². The smallest absolute Gasteiger partial charge is 0.184 e. The molecule has 5 heteroatoms. The third-order valence-corrected chi connectivity index (χ3v) is 1.43. The normalized spacial score (nSPS) is 11.5. The standard InChI is InChI=1S/C8H9F2N3/c1-5(13-11)12-7-4-2-3-6(9)8(7)10/h2-4H,11H2,1H3,(H,12,13). The van der Waals surface area contributed by atoms with Gasteiger partial charge in [-0.05, 0) is 19.1 Å². The minimum atomic E-state index is -0.975. The van der Waals surface area contributed by atoms with Gasteiger partial charge < -0.3 is 5.43 Å². The van der Waals surface area contributed by atoms with Crippen molar-refractivity contribution in [1.82, 2.24) is 5.43 Å². The van der Waals surface area contributed by atoms with E-state index >= 15 is 0 Å². The fraction of sp³-hybridized carbons (Fsp3) is 0.125. The molecule has 0 saturated heterocycles. The molecule has 0 saturated carbocycles. The van der Waals surface area contributed by atoms with Gasteiger partial charge in [0.15, 0.2) is 11.6 Å². The number of hydrogen-bond donors (Lipinski definition) is 2. The van der Waals surface area contributed by atoms with E-state index in [1.807, 2.05) is 0 Å². The van der Waals surface area contributed by atoms with E-state index in [1.165, 1.54) is 12.1 Å². The predicted molar refractivity (Wildman–Crippen MR) is 46.5 cm³/mol. The van der Waals surface area contributed by atoms with E-state index in [2.05, 4.69) is 10.4 Å². The largest absolute Gasteiger partial charge is 0.312 e. The Bertz CT molecular complexity index is 336. The molecule has 0 amide bonds. The lowest BCUT2D eigenvalue weighted by atomic mass is 10.3. The average molecular weight is 185 g/mol. The first-order valence-corrected chi connectivity index (χ1v) is 3.61. The number of hydrogen-bond acceptors (Lipinski definition) is 2. The second kappa shape index (κ2) is 3.95. The van der Waals surface area contributed by atoms with Gasteiger partial charge in [-0.15, -0.1) is 0 Å². The summed E-state index contributed by atoms with van der Waals surface area (Å²) < 4.78 is 25.6. The number of nitrogens with one attached hydrogen (secondary N) is 1. The molecular formula is C8H9F2N3. The molecular weight excluding hydrogens is 176 g/mol. The summed E-state index contributed by atoms with van der Waals surface area (Å²) in [5, 5.41) is 0. The highest BCUT2D eigenvalue weighted by Gasteiger charge is 2.05. The summed E-state index contributed by atoms with van der Waals surface area (Å²) in [6.45, 7) is 1.55. The van der Waals surface area contributed by atoms with E-state index in [4.69, 9.17) is 5.84 Å². The van der Waals surface area contributed by atoms with E-state index in [0.29, 0.717) is 5.84 Å². The van der Waals surface area contributed by atoms with Crippen LogP contribution in [0.3, 0.4) is 0 Å². The van der Waals surface area contributed by atoms with E-state index in [9.17, 15) is 8.78 Å². The fourth-order valence-electron chi connectivity index (χ4n) is 0.792. The lowest BCUT2D eigenvalue weighted by molar-refractivity contribution is 0.510. The quantitative estimate of drug-likeness (QED) is 0.301. The number of hydrazine groups is 1. The summed E-state index contributed by atoms with van der Waals surface area (Å²) >= 11 is 0. The first kappa shape index (κ1) is 9.60. The second-order valence-corrected chi connectivity index (χ2v) is 2.41. The Morgan fingerprint density at radius 1 is 1.46 bits per heavy atom. The van der Waals surface area contributed by atoms with E-state index in [-0.39, 0.29) is 5.69 Å². The molecule has 1 rings (SSSR count). The molecule has 3 N–H and O–H groups in total. The van der Waals surface area contributed by atoms with Crippen LogP contribution in [0.15, 0.2) is 23.2 Å². The first-order valence-electron chi connectivity index (χ1n) is 3.61. The number of halogens is 2. The van der Waals surface area contributed by atoms with Gasteiger partial charge in [0.05, 0.1) is 0 Å². The molecule has 0 spiro atoms. The van der Waals surface area contributed by atoms with Gasteiger partial charge in [-0.3, -0.25) is 0 Å². The van der Waals surface area contributed by atoms with Crippen LogP contribution >= 0.6 is 0 Å². The highest BCUT2D eigenvalue weighted by molar-refractivity contribution is 5.81. The van der Waals surface area contributed by atoms with Crippen LogP contribution in [0, 0.1) is 11.6 Å². The van der Waals surface area contributed by atoms with Crippen molar-refractivity contribution in [3.05, 3.63) is 29.8 Å². The zero-order valence-electron chi connectivity index (χ0n) is 7.01. The van der Waals surface area contributed by atoms with Crippen molar-refractivity contribution >= 4 is 11.5 Å². The zero-order chi connectivity index (χ0) is 9.84. The third-order valence-electron chi connectivity index (χ3n) is 1.43. The summed E-state index contributed by atoms with van der Waals surface area (Å²) in [4.78, 5) is 3.70. The van der Waals surface area contributed by atoms with E-state index in [1.54, 1.807) is 6.92 Å². The molecule has 70 valence electrons. The van der Waals surface area contributed by atoms with Crippen LogP contribution in [0.4, 0.5) is 14.5 Å². The second-order valence-electron chi connectivity index (χ2n) is 2.41. The van der Waals surface area contributed by atoms with Gasteiger partial charge in [-0.1, -0.05) is 6.07 Å². The maximum absolute atomic E-state index is 12.9. The molecule has 1 aromatic rings. The number of rotatable bonds is 1. The Morgan fingerprint density at radius 3 is 2.77 bits per heavy atom. The lowest BCUT2D eigenvalue weighted by Gasteiger charge is -2.00. The van der Waals surface area contributed by atoms with Gasteiger partial charge in [-0.25, -0.2) is 19.6 Å². The summed E-state index contributed by atoms with van der Waals surface area (Å²) in [6, 6.07) is 3.76. The Balaban J connectivity index is 3.09. The summed E-state index contributed by atoms with van der Waals surface area (Å²) in [5.41, 5.74) is 2.15. The zero-order valence-corrected chi connectivity index (χ0v) is 7.01. The molecule has 13 heavy (non-hydrogen) atoms. The Morgan fingerprint density at radius 2 is 2.15 bits per heavy atom. The number of nitrogens with two attached hydrogens (primary N) is 1. The van der Waals surface area contributed by atoms with Gasteiger partial charge in [0.25, 0.3) is 0 Å². The molecule has 3 nitrogen and oxygen atoms in total. The summed E-state index contributed by atoms with van der Waals surface area (Å²) in [6.07, 6.45) is 0. The molecule has 0 fully saturated rings. The van der Waals surface area contributed by atoms with Gasteiger partial charge >= 0.3 is 0 Å². The fourth-order valence-corrected chi connectivity index (χ4v) is 0.792. The number of benzene rings is 1. The number of aliphatic imine (C=N–C) groups is 1. The summed E-state index contributed by atoms with van der Waals surface area (Å²) in [7, 11) is 0. The maximum atomic E-state index is 12.9. The minimum Gasteiger partial charge on any atom is -0.312 e. The van der Waals surface area contributed by atoms with Crippen LogP contribution < -0.4 is 11.3 Å². The van der Waals surface area contributed by atoms with Crippen molar-refractivity contribution in [3.63, 3.8) is 0 Å². The molecule has 0 heterocycles. The van der Waals surface area contributed by atoms with Crippen molar-refractivity contribution < 1.29 is 8.78 Å². The van der Waals surface area contributed by atoms with E-state index < -0.39 is 11.6 Å². The number of amidine groups is 1. The van der Waals surface area contributed by atoms with Crippen LogP contribution in [0.2, 0.25) is 0 Å². The van der Waals surface area contributed by atoms with Crippen molar-refractivity contribution in [2.24, 2.45) is 10.8 Å². The third kappa shape index (κ3) is 2.22. The molecule has 0 aliphatic carbocycles. The molecule has 0 aliphatic heterocycles. The van der Waals surface area contributed by atoms with Crippen LogP contribution in [0.1, 0.15) is 6.92 Å². The van der Waals surface area contributed by atoms with Crippen LogP contribution in [0.5, 0.6) is 0 Å².